The Morgan fingerprint density at radius 2 is 1.69 bits per heavy atom. The fourth-order valence-electron chi connectivity index (χ4n) is 3.79. The first kappa shape index (κ1) is 18.6. The number of hydrogen-bond acceptors (Lipinski definition) is 4. The third kappa shape index (κ3) is 4.15. The van der Waals surface area contributed by atoms with Gasteiger partial charge in [-0.25, -0.2) is 4.39 Å². The predicted molar refractivity (Wildman–Crippen MR) is 96.2 cm³/mol. The van der Waals surface area contributed by atoms with Crippen molar-refractivity contribution in [2.24, 2.45) is 0 Å². The van der Waals surface area contributed by atoms with Crippen molar-refractivity contribution in [1.29, 1.82) is 0 Å². The molecule has 7 heteroatoms. The molecule has 26 heavy (non-hydrogen) atoms. The van der Waals surface area contributed by atoms with Gasteiger partial charge in [-0.2, -0.15) is 0 Å². The summed E-state index contributed by atoms with van der Waals surface area (Å²) in [4.78, 5) is 30.6. The van der Waals surface area contributed by atoms with E-state index >= 15 is 0 Å². The molecule has 3 rings (SSSR count). The van der Waals surface area contributed by atoms with E-state index in [1.165, 1.54) is 12.1 Å². The van der Waals surface area contributed by atoms with Gasteiger partial charge in [-0.15, -0.1) is 0 Å². The van der Waals surface area contributed by atoms with Crippen molar-refractivity contribution in [2.75, 3.05) is 44.2 Å². The highest BCUT2D eigenvalue weighted by atomic mass is 19.1. The Morgan fingerprint density at radius 1 is 1.00 bits per heavy atom. The third-order valence-corrected chi connectivity index (χ3v) is 5.29. The molecule has 0 aliphatic carbocycles. The summed E-state index contributed by atoms with van der Waals surface area (Å²) in [5, 5.41) is 9.20. The molecule has 1 aromatic rings. The molecule has 0 spiro atoms. The number of aliphatic hydroxyl groups is 1. The number of anilines is 1. The van der Waals surface area contributed by atoms with Gasteiger partial charge in [-0.05, 0) is 49.9 Å². The Balaban J connectivity index is 1.57. The number of halogens is 1. The van der Waals surface area contributed by atoms with Crippen LogP contribution in [0.3, 0.4) is 0 Å². The number of amides is 2. The molecule has 0 bridgehead atoms. The quantitative estimate of drug-likeness (QED) is 0.821. The van der Waals surface area contributed by atoms with Gasteiger partial charge < -0.3 is 19.8 Å². The van der Waals surface area contributed by atoms with Crippen LogP contribution in [0.25, 0.3) is 0 Å². The number of nitrogens with zero attached hydrogens (tertiary/aromatic N) is 3. The van der Waals surface area contributed by atoms with Crippen LogP contribution in [0, 0.1) is 5.82 Å². The van der Waals surface area contributed by atoms with Crippen LogP contribution in [-0.2, 0) is 9.59 Å². The summed E-state index contributed by atoms with van der Waals surface area (Å²) >= 11 is 0. The summed E-state index contributed by atoms with van der Waals surface area (Å²) in [6, 6.07) is 6.27. The molecule has 1 unspecified atom stereocenters. The van der Waals surface area contributed by atoms with Crippen molar-refractivity contribution in [3.63, 3.8) is 0 Å². The summed E-state index contributed by atoms with van der Waals surface area (Å²) in [5.74, 6) is -1.17. The largest absolute Gasteiger partial charge is 0.396 e. The molecule has 2 aliphatic heterocycles. The molecule has 6 nitrogen and oxygen atoms in total. The molecule has 2 heterocycles. The Hall–Kier alpha value is -2.15. The molecule has 0 radical (unpaired) electrons. The van der Waals surface area contributed by atoms with Crippen LogP contribution in [-0.4, -0.2) is 72.1 Å². The molecular weight excluding hydrogens is 337 g/mol. The van der Waals surface area contributed by atoms with Gasteiger partial charge in [0.15, 0.2) is 0 Å². The molecule has 2 saturated heterocycles. The van der Waals surface area contributed by atoms with E-state index < -0.39 is 11.8 Å². The molecule has 0 saturated carbocycles. The molecule has 0 aromatic heterocycles. The van der Waals surface area contributed by atoms with Gasteiger partial charge in [0.25, 0.3) is 0 Å². The molecule has 1 atom stereocenters. The third-order valence-electron chi connectivity index (χ3n) is 5.29. The second-order valence-corrected chi connectivity index (χ2v) is 6.92. The van der Waals surface area contributed by atoms with Gasteiger partial charge in [-0.3, -0.25) is 9.59 Å². The van der Waals surface area contributed by atoms with Crippen molar-refractivity contribution >= 4 is 17.5 Å². The van der Waals surface area contributed by atoms with Crippen LogP contribution < -0.4 is 4.90 Å². The smallest absolute Gasteiger partial charge is 0.312 e. The average molecular weight is 363 g/mol. The Morgan fingerprint density at radius 3 is 2.35 bits per heavy atom. The van der Waals surface area contributed by atoms with Crippen molar-refractivity contribution in [3.8, 4) is 0 Å². The van der Waals surface area contributed by atoms with Gasteiger partial charge in [0.05, 0.1) is 0 Å². The van der Waals surface area contributed by atoms with E-state index in [9.17, 15) is 19.1 Å². The molecule has 1 aromatic carbocycles. The maximum absolute atomic E-state index is 13.0. The minimum atomic E-state index is -0.450. The van der Waals surface area contributed by atoms with E-state index in [-0.39, 0.29) is 18.5 Å². The lowest BCUT2D eigenvalue weighted by Gasteiger charge is -2.39. The topological polar surface area (TPSA) is 64.1 Å². The minimum absolute atomic E-state index is 0.0268. The minimum Gasteiger partial charge on any atom is -0.396 e. The number of aliphatic hydroxyl groups excluding tert-OH is 1. The maximum atomic E-state index is 13.0. The highest BCUT2D eigenvalue weighted by Crippen LogP contribution is 2.21. The molecule has 142 valence electrons. The monoisotopic (exact) mass is 363 g/mol. The van der Waals surface area contributed by atoms with Crippen LogP contribution in [0.15, 0.2) is 24.3 Å². The lowest BCUT2D eigenvalue weighted by atomic mass is 9.99. The Kier molecular flexibility index (Phi) is 6.08. The molecule has 2 amide bonds. The molecular formula is C19H26FN3O3. The van der Waals surface area contributed by atoms with Crippen molar-refractivity contribution < 1.29 is 19.1 Å². The summed E-state index contributed by atoms with van der Waals surface area (Å²) in [6.45, 7) is 2.79. The van der Waals surface area contributed by atoms with Gasteiger partial charge in [-0.1, -0.05) is 0 Å². The van der Waals surface area contributed by atoms with Crippen molar-refractivity contribution in [2.45, 2.75) is 31.7 Å². The molecule has 2 fully saturated rings. The number of carbonyl (C=O) groups excluding carboxylic acids is 2. The van der Waals surface area contributed by atoms with Gasteiger partial charge >= 0.3 is 11.8 Å². The maximum Gasteiger partial charge on any atom is 0.312 e. The van der Waals surface area contributed by atoms with Crippen LogP contribution in [0.4, 0.5) is 10.1 Å². The van der Waals surface area contributed by atoms with E-state index in [1.807, 2.05) is 0 Å². The summed E-state index contributed by atoms with van der Waals surface area (Å²) in [7, 11) is 0. The first-order chi connectivity index (χ1) is 12.6. The fourth-order valence-corrected chi connectivity index (χ4v) is 3.79. The predicted octanol–water partition coefficient (Wildman–Crippen LogP) is 1.24. The molecule has 1 N–H and O–H groups in total. The Labute approximate surface area is 153 Å². The zero-order valence-corrected chi connectivity index (χ0v) is 14.9. The fraction of sp³-hybridized carbons (Fsp3) is 0.579. The summed E-state index contributed by atoms with van der Waals surface area (Å²) in [6.07, 6.45) is 3.30. The average Bonchev–Trinajstić information content (AvgIpc) is 2.68. The van der Waals surface area contributed by atoms with Crippen LogP contribution in [0.1, 0.15) is 25.7 Å². The number of piperazine rings is 1. The van der Waals surface area contributed by atoms with Crippen LogP contribution in [0.2, 0.25) is 0 Å². The first-order valence-corrected chi connectivity index (χ1v) is 9.31. The standard InChI is InChI=1S/C19H26FN3O3/c20-15-4-6-16(7-5-15)21-10-12-22(13-11-21)18(25)19(26)23-9-2-1-3-17(23)8-14-24/h4-7,17,24H,1-3,8-14H2. The number of likely N-dealkylation sites (tertiary alicyclic amines) is 1. The van der Waals surface area contributed by atoms with Crippen molar-refractivity contribution in [1.82, 2.24) is 9.80 Å². The SMILES string of the molecule is O=C(C(=O)N1CCCCC1CCO)N1CCN(c2ccc(F)cc2)CC1. The lowest BCUT2D eigenvalue weighted by molar-refractivity contribution is -0.154. The second kappa shape index (κ2) is 8.49. The van der Waals surface area contributed by atoms with E-state index in [4.69, 9.17) is 0 Å². The van der Waals surface area contributed by atoms with Crippen LogP contribution in [0.5, 0.6) is 0 Å². The number of piperidine rings is 1. The van der Waals surface area contributed by atoms with E-state index in [0.29, 0.717) is 39.1 Å². The van der Waals surface area contributed by atoms with Crippen molar-refractivity contribution in [3.05, 3.63) is 30.1 Å². The van der Waals surface area contributed by atoms with Gasteiger partial charge in [0.1, 0.15) is 5.82 Å². The number of hydrogen-bond donors (Lipinski definition) is 1. The van der Waals surface area contributed by atoms with Gasteiger partial charge in [0, 0.05) is 51.1 Å². The normalized spacial score (nSPS) is 21.0. The molecule has 2 aliphatic rings. The number of carbonyl (C=O) groups is 2. The number of rotatable bonds is 3. The van der Waals surface area contributed by atoms with E-state index in [2.05, 4.69) is 4.90 Å². The zero-order valence-electron chi connectivity index (χ0n) is 14.9. The summed E-state index contributed by atoms with van der Waals surface area (Å²) in [5.41, 5.74) is 0.920. The van der Waals surface area contributed by atoms with Gasteiger partial charge in [0.2, 0.25) is 0 Å². The number of benzene rings is 1. The van der Waals surface area contributed by atoms with E-state index in [1.54, 1.807) is 21.9 Å². The highest BCUT2D eigenvalue weighted by Gasteiger charge is 2.34. The zero-order chi connectivity index (χ0) is 18.5. The highest BCUT2D eigenvalue weighted by molar-refractivity contribution is 6.35. The summed E-state index contributed by atoms with van der Waals surface area (Å²) < 4.78 is 13.0. The van der Waals surface area contributed by atoms with E-state index in [0.717, 1.165) is 24.9 Å². The Bertz CT molecular complexity index is 627. The lowest BCUT2D eigenvalue weighted by Crippen LogP contribution is -2.55. The first-order valence-electron chi connectivity index (χ1n) is 9.31. The van der Waals surface area contributed by atoms with Crippen LogP contribution >= 0.6 is 0 Å². The second-order valence-electron chi connectivity index (χ2n) is 6.92.